The largest absolute Gasteiger partial charge is 0.479 e. The molecular formula is C11H13NO3S2. The molecule has 0 aromatic carbocycles. The van der Waals surface area contributed by atoms with Crippen molar-refractivity contribution in [3.05, 3.63) is 23.6 Å². The lowest BCUT2D eigenvalue weighted by molar-refractivity contribution is -0.154. The number of aliphatic carboxylic acids is 1. The highest BCUT2D eigenvalue weighted by Crippen LogP contribution is 2.46. The molecule has 2 atom stereocenters. The van der Waals surface area contributed by atoms with Crippen LogP contribution in [0.15, 0.2) is 23.6 Å². The third-order valence-electron chi connectivity index (χ3n) is 2.64. The number of carbonyl (C=O) groups is 2. The first-order valence-electron chi connectivity index (χ1n) is 5.24. The normalized spacial score (nSPS) is 29.1. The van der Waals surface area contributed by atoms with Gasteiger partial charge < -0.3 is 10.0 Å². The topological polar surface area (TPSA) is 57.6 Å². The Morgan fingerprint density at radius 3 is 3.00 bits per heavy atom. The number of carboxylic acid groups (broad SMARTS) is 1. The molecule has 6 heteroatoms. The summed E-state index contributed by atoms with van der Waals surface area (Å²) in [5.74, 6) is 0.607. The Labute approximate surface area is 108 Å². The number of hydrogen-bond donors (Lipinski definition) is 1. The molecular weight excluding hydrogens is 258 g/mol. The first-order valence-corrected chi connectivity index (χ1v) is 7.28. The van der Waals surface area contributed by atoms with Gasteiger partial charge in [0.2, 0.25) is 5.91 Å². The van der Waals surface area contributed by atoms with Gasteiger partial charge in [-0.25, -0.2) is 4.79 Å². The highest BCUT2D eigenvalue weighted by Gasteiger charge is 2.52. The van der Waals surface area contributed by atoms with Gasteiger partial charge in [0.25, 0.3) is 0 Å². The second kappa shape index (κ2) is 5.18. The van der Waals surface area contributed by atoms with E-state index in [2.05, 4.69) is 6.58 Å². The summed E-state index contributed by atoms with van der Waals surface area (Å²) in [6, 6.07) is -0.754. The molecule has 2 heterocycles. The van der Waals surface area contributed by atoms with Crippen molar-refractivity contribution in [1.82, 2.24) is 4.90 Å². The summed E-state index contributed by atoms with van der Waals surface area (Å²) >= 11 is 3.18. The van der Waals surface area contributed by atoms with E-state index in [1.165, 1.54) is 16.7 Å². The molecule has 0 aromatic rings. The summed E-state index contributed by atoms with van der Waals surface area (Å²) in [5, 5.41) is 9.20. The molecule has 2 aliphatic heterocycles. The smallest absolute Gasteiger partial charge is 0.331 e. The van der Waals surface area contributed by atoms with Gasteiger partial charge in [-0.3, -0.25) is 4.79 Å². The number of carbonyl (C=O) groups excluding carboxylic acids is 1. The van der Waals surface area contributed by atoms with Crippen molar-refractivity contribution in [3.63, 3.8) is 0 Å². The lowest BCUT2D eigenvalue weighted by Crippen LogP contribution is -2.53. The van der Waals surface area contributed by atoms with E-state index in [0.29, 0.717) is 6.42 Å². The van der Waals surface area contributed by atoms with E-state index in [-0.39, 0.29) is 11.3 Å². The second-order valence-electron chi connectivity index (χ2n) is 3.75. The number of rotatable bonds is 5. The fourth-order valence-electron chi connectivity index (χ4n) is 1.86. The van der Waals surface area contributed by atoms with Crippen LogP contribution in [0.2, 0.25) is 0 Å². The van der Waals surface area contributed by atoms with Gasteiger partial charge in [-0.15, -0.1) is 18.3 Å². The van der Waals surface area contributed by atoms with Gasteiger partial charge in [0.1, 0.15) is 0 Å². The zero-order valence-corrected chi connectivity index (χ0v) is 10.8. The molecule has 1 N–H and O–H groups in total. The van der Waals surface area contributed by atoms with Crippen LogP contribution in [0.3, 0.4) is 0 Å². The van der Waals surface area contributed by atoms with Gasteiger partial charge in [0.15, 0.2) is 6.04 Å². The van der Waals surface area contributed by atoms with Gasteiger partial charge >= 0.3 is 5.97 Å². The van der Waals surface area contributed by atoms with Crippen molar-refractivity contribution in [3.8, 4) is 0 Å². The van der Waals surface area contributed by atoms with Crippen LogP contribution in [0, 0.1) is 0 Å². The number of amides is 1. The van der Waals surface area contributed by atoms with E-state index < -0.39 is 12.0 Å². The summed E-state index contributed by atoms with van der Waals surface area (Å²) in [7, 11) is 0. The summed E-state index contributed by atoms with van der Waals surface area (Å²) in [6.07, 6.45) is 4.20. The zero-order valence-electron chi connectivity index (χ0n) is 9.17. The monoisotopic (exact) mass is 271 g/mol. The van der Waals surface area contributed by atoms with Crippen molar-refractivity contribution < 1.29 is 14.7 Å². The molecule has 2 saturated heterocycles. The minimum Gasteiger partial charge on any atom is -0.479 e. The highest BCUT2D eigenvalue weighted by atomic mass is 32.2. The molecule has 0 bridgehead atoms. The molecule has 0 spiro atoms. The minimum absolute atomic E-state index is 0.0410. The molecule has 0 aromatic heterocycles. The van der Waals surface area contributed by atoms with Crippen LogP contribution in [-0.4, -0.2) is 44.8 Å². The van der Waals surface area contributed by atoms with E-state index >= 15 is 0 Å². The predicted molar refractivity (Wildman–Crippen MR) is 69.9 cm³/mol. The Kier molecular flexibility index (Phi) is 3.83. The number of carboxylic acids is 1. The Balaban J connectivity index is 2.03. The standard InChI is InChI=1S/C11H13NO3S2/c1-2-4-16-5-3-7-10(11(14)15)12-8(13)6-9(12)17-7/h2-3,9-10H,1,4-6H2,(H,14,15)/b7-3-/t9-,10?/m1/s1. The summed E-state index contributed by atoms with van der Waals surface area (Å²) in [4.78, 5) is 24.8. The molecule has 4 nitrogen and oxygen atoms in total. The van der Waals surface area contributed by atoms with Gasteiger partial charge in [-0.1, -0.05) is 12.2 Å². The van der Waals surface area contributed by atoms with Crippen LogP contribution in [0.1, 0.15) is 6.42 Å². The van der Waals surface area contributed by atoms with Crippen LogP contribution in [0.25, 0.3) is 0 Å². The van der Waals surface area contributed by atoms with Crippen LogP contribution in [0.4, 0.5) is 0 Å². The average Bonchev–Trinajstić information content (AvgIpc) is 2.57. The van der Waals surface area contributed by atoms with Gasteiger partial charge in [-0.2, -0.15) is 11.8 Å². The van der Waals surface area contributed by atoms with E-state index in [1.54, 1.807) is 11.8 Å². The Bertz CT molecular complexity index is 394. The fourth-order valence-corrected chi connectivity index (χ4v) is 3.98. The Hall–Kier alpha value is -0.880. The third kappa shape index (κ3) is 2.37. The molecule has 0 aliphatic carbocycles. The van der Waals surface area contributed by atoms with Crippen LogP contribution in [-0.2, 0) is 9.59 Å². The van der Waals surface area contributed by atoms with Crippen molar-refractivity contribution in [2.45, 2.75) is 17.8 Å². The molecule has 0 radical (unpaired) electrons. The number of hydrogen-bond acceptors (Lipinski definition) is 4. The predicted octanol–water partition coefficient (Wildman–Crippen LogP) is 1.55. The molecule has 1 unspecified atom stereocenters. The van der Waals surface area contributed by atoms with Gasteiger partial charge in [0.05, 0.1) is 11.8 Å². The lowest BCUT2D eigenvalue weighted by atomic mass is 10.1. The first kappa shape index (κ1) is 12.6. The van der Waals surface area contributed by atoms with E-state index in [1.807, 2.05) is 12.2 Å². The van der Waals surface area contributed by atoms with Crippen LogP contribution >= 0.6 is 23.5 Å². The Morgan fingerprint density at radius 2 is 2.41 bits per heavy atom. The molecule has 1 amide bonds. The van der Waals surface area contributed by atoms with E-state index in [4.69, 9.17) is 5.11 Å². The number of fused-ring (bicyclic) bond motifs is 1. The first-order chi connectivity index (χ1) is 8.15. The molecule has 92 valence electrons. The SMILES string of the molecule is C=CCSC/C=C1\S[C@@H]2CC(=O)N2C1C(=O)O. The molecule has 2 rings (SSSR count). The summed E-state index contributed by atoms with van der Waals surface area (Å²) < 4.78 is 0. The maximum Gasteiger partial charge on any atom is 0.331 e. The maximum atomic E-state index is 11.4. The van der Waals surface area contributed by atoms with Crippen molar-refractivity contribution in [1.29, 1.82) is 0 Å². The van der Waals surface area contributed by atoms with E-state index in [9.17, 15) is 9.59 Å². The van der Waals surface area contributed by atoms with Crippen molar-refractivity contribution in [2.75, 3.05) is 11.5 Å². The molecule has 17 heavy (non-hydrogen) atoms. The number of β-lactam (4-membered cyclic amide) rings is 1. The lowest BCUT2D eigenvalue weighted by Gasteiger charge is -2.35. The fraction of sp³-hybridized carbons (Fsp3) is 0.455. The van der Waals surface area contributed by atoms with Crippen molar-refractivity contribution in [2.24, 2.45) is 0 Å². The summed E-state index contributed by atoms with van der Waals surface area (Å²) in [5.41, 5.74) is 0. The Morgan fingerprint density at radius 1 is 1.65 bits per heavy atom. The van der Waals surface area contributed by atoms with E-state index in [0.717, 1.165) is 16.4 Å². The average molecular weight is 271 g/mol. The number of nitrogens with zero attached hydrogens (tertiary/aromatic N) is 1. The highest BCUT2D eigenvalue weighted by molar-refractivity contribution is 8.04. The molecule has 2 aliphatic rings. The second-order valence-corrected chi connectivity index (χ2v) is 6.08. The third-order valence-corrected chi connectivity index (χ3v) is 4.84. The van der Waals surface area contributed by atoms with Crippen LogP contribution in [0.5, 0.6) is 0 Å². The summed E-state index contributed by atoms with van der Waals surface area (Å²) in [6.45, 7) is 3.62. The van der Waals surface area contributed by atoms with Crippen molar-refractivity contribution >= 4 is 35.4 Å². The van der Waals surface area contributed by atoms with Gasteiger partial charge in [0, 0.05) is 16.4 Å². The zero-order chi connectivity index (χ0) is 12.4. The van der Waals surface area contributed by atoms with Gasteiger partial charge in [-0.05, 0) is 0 Å². The molecule has 0 saturated carbocycles. The molecule has 2 fully saturated rings. The minimum atomic E-state index is -0.937. The quantitative estimate of drug-likeness (QED) is 0.467. The number of thioether (sulfide) groups is 2. The van der Waals surface area contributed by atoms with Crippen LogP contribution < -0.4 is 0 Å². The maximum absolute atomic E-state index is 11.4.